The summed E-state index contributed by atoms with van der Waals surface area (Å²) >= 11 is 0. The van der Waals surface area contributed by atoms with Gasteiger partial charge in [0.15, 0.2) is 5.82 Å². The summed E-state index contributed by atoms with van der Waals surface area (Å²) < 4.78 is 13.1. The van der Waals surface area contributed by atoms with E-state index < -0.39 is 22.8 Å². The van der Waals surface area contributed by atoms with Crippen molar-refractivity contribution in [2.75, 3.05) is 0 Å². The number of aromatic carboxylic acids is 1. The third-order valence-corrected chi connectivity index (χ3v) is 1.98. The molecule has 0 amide bonds. The fourth-order valence-corrected chi connectivity index (χ4v) is 1.27. The smallest absolute Gasteiger partial charge is 0.341 e. The average molecular weight is 208 g/mol. The maximum atomic E-state index is 13.1. The zero-order valence-electron chi connectivity index (χ0n) is 7.32. The van der Waals surface area contributed by atoms with Crippen molar-refractivity contribution >= 4 is 16.9 Å². The highest BCUT2D eigenvalue weighted by Crippen LogP contribution is 2.10. The standard InChI is InChI=1S/C9H5FN2O3/c10-6-3-11-1-4-7(6)12-2-5(8(4)13)9(14)15/h1-3H,(H,12,13)(H,14,15). The number of halogens is 1. The van der Waals surface area contributed by atoms with Crippen LogP contribution in [0.5, 0.6) is 0 Å². The number of carboxylic acid groups (broad SMARTS) is 1. The molecule has 2 rings (SSSR count). The number of nitrogens with one attached hydrogen (secondary N) is 1. The SMILES string of the molecule is O=C(O)c1c[nH]c2c(F)cncc2c1=O. The quantitative estimate of drug-likeness (QED) is 0.724. The van der Waals surface area contributed by atoms with E-state index in [1.807, 2.05) is 0 Å². The van der Waals surface area contributed by atoms with Gasteiger partial charge in [0.2, 0.25) is 5.43 Å². The molecule has 5 nitrogen and oxygen atoms in total. The Bertz CT molecular complexity index is 606. The number of carboxylic acids is 1. The Kier molecular flexibility index (Phi) is 1.96. The van der Waals surface area contributed by atoms with Gasteiger partial charge in [-0.25, -0.2) is 9.18 Å². The number of pyridine rings is 2. The number of H-pyrrole nitrogens is 1. The van der Waals surface area contributed by atoms with E-state index in [-0.39, 0.29) is 10.9 Å². The second-order valence-corrected chi connectivity index (χ2v) is 2.88. The third kappa shape index (κ3) is 1.35. The highest BCUT2D eigenvalue weighted by molar-refractivity contribution is 5.91. The molecule has 0 bridgehead atoms. The minimum atomic E-state index is -1.36. The Morgan fingerprint density at radius 2 is 2.20 bits per heavy atom. The molecular weight excluding hydrogens is 203 g/mol. The number of rotatable bonds is 1. The second kappa shape index (κ2) is 3.16. The van der Waals surface area contributed by atoms with Crippen molar-refractivity contribution in [3.8, 4) is 0 Å². The molecule has 0 aromatic carbocycles. The summed E-state index contributed by atoms with van der Waals surface area (Å²) in [5.74, 6) is -2.05. The average Bonchev–Trinajstić information content (AvgIpc) is 2.19. The second-order valence-electron chi connectivity index (χ2n) is 2.88. The van der Waals surface area contributed by atoms with Gasteiger partial charge in [0.25, 0.3) is 0 Å². The monoisotopic (exact) mass is 208 g/mol. The van der Waals surface area contributed by atoms with Crippen molar-refractivity contribution in [2.45, 2.75) is 0 Å². The molecular formula is C9H5FN2O3. The van der Waals surface area contributed by atoms with Crippen molar-refractivity contribution < 1.29 is 14.3 Å². The summed E-state index contributed by atoms with van der Waals surface area (Å²) in [6.45, 7) is 0. The summed E-state index contributed by atoms with van der Waals surface area (Å²) in [5.41, 5.74) is -1.22. The van der Waals surface area contributed by atoms with Crippen molar-refractivity contribution in [1.82, 2.24) is 9.97 Å². The van der Waals surface area contributed by atoms with Gasteiger partial charge in [-0.3, -0.25) is 9.78 Å². The molecule has 76 valence electrons. The molecule has 15 heavy (non-hydrogen) atoms. The van der Waals surface area contributed by atoms with Crippen molar-refractivity contribution in [3.05, 3.63) is 40.2 Å². The summed E-state index contributed by atoms with van der Waals surface area (Å²) in [6.07, 6.45) is 3.04. The van der Waals surface area contributed by atoms with E-state index in [0.717, 1.165) is 18.6 Å². The van der Waals surface area contributed by atoms with Crippen LogP contribution in [0.15, 0.2) is 23.4 Å². The minimum Gasteiger partial charge on any atom is -0.477 e. The van der Waals surface area contributed by atoms with Gasteiger partial charge in [0, 0.05) is 12.4 Å². The van der Waals surface area contributed by atoms with Crippen molar-refractivity contribution in [2.24, 2.45) is 0 Å². The predicted octanol–water partition coefficient (Wildman–Crippen LogP) is 0.760. The topological polar surface area (TPSA) is 83.0 Å². The van der Waals surface area contributed by atoms with Gasteiger partial charge in [0.1, 0.15) is 5.56 Å². The first kappa shape index (κ1) is 9.32. The fourth-order valence-electron chi connectivity index (χ4n) is 1.27. The van der Waals surface area contributed by atoms with Gasteiger partial charge < -0.3 is 10.1 Å². The van der Waals surface area contributed by atoms with Crippen LogP contribution in [0, 0.1) is 5.82 Å². The van der Waals surface area contributed by atoms with Crippen LogP contribution in [0.1, 0.15) is 10.4 Å². The number of nitrogens with zero attached hydrogens (tertiary/aromatic N) is 1. The van der Waals surface area contributed by atoms with Crippen LogP contribution in [-0.2, 0) is 0 Å². The van der Waals surface area contributed by atoms with Gasteiger partial charge in [-0.2, -0.15) is 0 Å². The molecule has 0 radical (unpaired) electrons. The van der Waals surface area contributed by atoms with Crippen LogP contribution in [-0.4, -0.2) is 21.0 Å². The Labute approximate surface area is 82.2 Å². The number of aromatic amines is 1. The molecule has 2 heterocycles. The van der Waals surface area contributed by atoms with Gasteiger partial charge in [0.05, 0.1) is 17.1 Å². The fraction of sp³-hybridized carbons (Fsp3) is 0. The van der Waals surface area contributed by atoms with E-state index in [1.54, 1.807) is 0 Å². The number of fused-ring (bicyclic) bond motifs is 1. The molecule has 0 unspecified atom stereocenters. The third-order valence-electron chi connectivity index (χ3n) is 1.98. The van der Waals surface area contributed by atoms with Crippen molar-refractivity contribution in [3.63, 3.8) is 0 Å². The molecule has 2 N–H and O–H groups in total. The summed E-state index contributed by atoms with van der Waals surface area (Å²) in [6, 6.07) is 0. The first-order chi connectivity index (χ1) is 7.11. The van der Waals surface area contributed by atoms with Crippen LogP contribution in [0.2, 0.25) is 0 Å². The van der Waals surface area contributed by atoms with Gasteiger partial charge >= 0.3 is 5.97 Å². The molecule has 2 aromatic heterocycles. The van der Waals surface area contributed by atoms with Crippen LogP contribution >= 0.6 is 0 Å². The van der Waals surface area contributed by atoms with Gasteiger partial charge in [-0.15, -0.1) is 0 Å². The van der Waals surface area contributed by atoms with E-state index in [4.69, 9.17) is 5.11 Å². The molecule has 0 aliphatic carbocycles. The maximum absolute atomic E-state index is 13.1. The lowest BCUT2D eigenvalue weighted by atomic mass is 10.2. The van der Waals surface area contributed by atoms with E-state index in [1.165, 1.54) is 0 Å². The number of aromatic nitrogens is 2. The van der Waals surface area contributed by atoms with Crippen LogP contribution in [0.25, 0.3) is 10.9 Å². The highest BCUT2D eigenvalue weighted by atomic mass is 19.1. The Balaban J connectivity index is 2.92. The zero-order valence-corrected chi connectivity index (χ0v) is 7.32. The Hall–Kier alpha value is -2.24. The minimum absolute atomic E-state index is 0.0417. The van der Waals surface area contributed by atoms with Crippen LogP contribution < -0.4 is 5.43 Å². The van der Waals surface area contributed by atoms with E-state index >= 15 is 0 Å². The molecule has 0 spiro atoms. The lowest BCUT2D eigenvalue weighted by Crippen LogP contribution is -2.15. The van der Waals surface area contributed by atoms with Crippen molar-refractivity contribution in [1.29, 1.82) is 0 Å². The van der Waals surface area contributed by atoms with E-state index in [0.29, 0.717) is 0 Å². The van der Waals surface area contributed by atoms with E-state index in [2.05, 4.69) is 9.97 Å². The Morgan fingerprint density at radius 3 is 2.87 bits per heavy atom. The normalized spacial score (nSPS) is 10.5. The summed E-state index contributed by atoms with van der Waals surface area (Å²) in [5, 5.41) is 8.59. The summed E-state index contributed by atoms with van der Waals surface area (Å²) in [4.78, 5) is 28.0. The first-order valence-electron chi connectivity index (χ1n) is 3.99. The van der Waals surface area contributed by atoms with Crippen LogP contribution in [0.4, 0.5) is 4.39 Å². The molecule has 0 saturated carbocycles. The lowest BCUT2D eigenvalue weighted by Gasteiger charge is -1.99. The molecule has 0 atom stereocenters. The lowest BCUT2D eigenvalue weighted by molar-refractivity contribution is 0.0695. The molecule has 0 saturated heterocycles. The molecule has 0 aliphatic rings. The van der Waals surface area contributed by atoms with Gasteiger partial charge in [-0.05, 0) is 0 Å². The highest BCUT2D eigenvalue weighted by Gasteiger charge is 2.13. The molecule has 0 fully saturated rings. The molecule has 2 aromatic rings. The predicted molar refractivity (Wildman–Crippen MR) is 49.3 cm³/mol. The number of hydrogen-bond donors (Lipinski definition) is 2. The zero-order chi connectivity index (χ0) is 11.0. The van der Waals surface area contributed by atoms with E-state index in [9.17, 15) is 14.0 Å². The van der Waals surface area contributed by atoms with Gasteiger partial charge in [-0.1, -0.05) is 0 Å². The molecule has 6 heteroatoms. The Morgan fingerprint density at radius 1 is 1.47 bits per heavy atom. The maximum Gasteiger partial charge on any atom is 0.341 e. The van der Waals surface area contributed by atoms with Crippen LogP contribution in [0.3, 0.4) is 0 Å². The number of carbonyl (C=O) groups is 1. The summed E-state index contributed by atoms with van der Waals surface area (Å²) in [7, 11) is 0. The first-order valence-corrected chi connectivity index (χ1v) is 3.99. The molecule has 0 aliphatic heterocycles. The largest absolute Gasteiger partial charge is 0.477 e. The number of hydrogen-bond acceptors (Lipinski definition) is 3.